The van der Waals surface area contributed by atoms with Gasteiger partial charge in [-0.1, -0.05) is 23.8 Å². The van der Waals surface area contributed by atoms with Crippen molar-refractivity contribution in [3.63, 3.8) is 0 Å². The molecule has 0 spiro atoms. The molecule has 0 radical (unpaired) electrons. The summed E-state index contributed by atoms with van der Waals surface area (Å²) in [4.78, 5) is 17.0. The summed E-state index contributed by atoms with van der Waals surface area (Å²) in [5.74, 6) is -2.61. The number of aliphatic imine (C=N–C) groups is 1. The number of nitrogens with one attached hydrogen (secondary N) is 1. The minimum Gasteiger partial charge on any atom is -0.492 e. The Balaban J connectivity index is 1.73. The maximum atomic E-state index is 13.8. The molecule has 37 heavy (non-hydrogen) atoms. The van der Waals surface area contributed by atoms with Crippen molar-refractivity contribution in [2.45, 2.75) is 39.2 Å². The van der Waals surface area contributed by atoms with E-state index in [9.17, 15) is 18.0 Å². The lowest BCUT2D eigenvalue weighted by Crippen LogP contribution is -2.26. The molecule has 10 heteroatoms. The van der Waals surface area contributed by atoms with Crippen LogP contribution < -0.4 is 10.7 Å². The molecule has 3 rings (SSSR count). The largest absolute Gasteiger partial charge is 0.492 e. The van der Waals surface area contributed by atoms with Gasteiger partial charge in [0.2, 0.25) is 5.43 Å². The first-order valence-corrected chi connectivity index (χ1v) is 12.0. The lowest BCUT2D eigenvalue weighted by atomic mass is 10.0. The number of rotatable bonds is 12. The quantitative estimate of drug-likeness (QED) is 0.238. The van der Waals surface area contributed by atoms with Crippen LogP contribution in [0.1, 0.15) is 38.4 Å². The molecule has 1 aromatic rings. The molecule has 0 aromatic carbocycles. The van der Waals surface area contributed by atoms with E-state index in [1.807, 2.05) is 26.0 Å². The van der Waals surface area contributed by atoms with E-state index in [1.54, 1.807) is 12.3 Å². The normalized spacial score (nSPS) is 18.6. The first-order chi connectivity index (χ1) is 17.8. The fourth-order valence-corrected chi connectivity index (χ4v) is 3.69. The van der Waals surface area contributed by atoms with Gasteiger partial charge in [-0.15, -0.1) is 6.58 Å². The van der Waals surface area contributed by atoms with Gasteiger partial charge in [-0.2, -0.15) is 5.10 Å². The molecular weight excluding hydrogens is 485 g/mol. The van der Waals surface area contributed by atoms with Crippen molar-refractivity contribution in [1.29, 1.82) is 0 Å². The lowest BCUT2D eigenvalue weighted by Gasteiger charge is -2.19. The molecule has 198 valence electrons. The van der Waals surface area contributed by atoms with E-state index in [0.29, 0.717) is 44.4 Å². The summed E-state index contributed by atoms with van der Waals surface area (Å²) in [6, 6.07) is 0.413. The molecule has 7 nitrogen and oxygen atoms in total. The van der Waals surface area contributed by atoms with Crippen LogP contribution in [0, 0.1) is 0 Å². The molecule has 1 aliphatic heterocycles. The first kappa shape index (κ1) is 27.9. The molecule has 2 heterocycles. The Morgan fingerprint density at radius 2 is 2.14 bits per heavy atom. The highest BCUT2D eigenvalue weighted by atomic mass is 19.2. The zero-order chi connectivity index (χ0) is 26.8. The molecule has 1 atom stereocenters. The van der Waals surface area contributed by atoms with Gasteiger partial charge < -0.3 is 14.8 Å². The summed E-state index contributed by atoms with van der Waals surface area (Å²) in [7, 11) is 0. The lowest BCUT2D eigenvalue weighted by molar-refractivity contribution is 0.0820. The van der Waals surface area contributed by atoms with Crippen LogP contribution in [-0.2, 0) is 15.9 Å². The van der Waals surface area contributed by atoms with Crippen LogP contribution in [0.25, 0.3) is 0 Å². The maximum Gasteiger partial charge on any atom is 0.203 e. The van der Waals surface area contributed by atoms with Crippen molar-refractivity contribution in [3.05, 3.63) is 99.6 Å². The predicted octanol–water partition coefficient (Wildman–Crippen LogP) is 5.08. The number of hydrogen-bond donors (Lipinski definition) is 1. The summed E-state index contributed by atoms with van der Waals surface area (Å²) >= 11 is 0. The van der Waals surface area contributed by atoms with Gasteiger partial charge in [0.15, 0.2) is 11.7 Å². The van der Waals surface area contributed by atoms with Gasteiger partial charge in [-0.25, -0.2) is 13.2 Å². The van der Waals surface area contributed by atoms with Crippen LogP contribution >= 0.6 is 0 Å². The highest BCUT2D eigenvalue weighted by Gasteiger charge is 2.24. The fraction of sp³-hybridized carbons (Fsp3) is 0.370. The Morgan fingerprint density at radius 1 is 1.32 bits per heavy atom. The Labute approximate surface area is 214 Å². The third-order valence-electron chi connectivity index (χ3n) is 5.52. The highest BCUT2D eigenvalue weighted by molar-refractivity contribution is 6.02. The Hall–Kier alpha value is -3.66. The van der Waals surface area contributed by atoms with Crippen molar-refractivity contribution in [1.82, 2.24) is 15.1 Å². The standard InChI is InChI=1S/C27H31F3N4O3/c1-4-6-7-19(27-31-16-21(17-32-27)37-11-10-36-5-2)12-18(3)13-24-25(35)8-9-34(33-24)20-14-22(28)26(30)23(29)15-20/h4,7-9,12,14,16,20H,1,5-6,10-11,13,15,17H2,2-3H3,(H,31,32)/b18-12+,19-7+. The van der Waals surface area contributed by atoms with Gasteiger partial charge in [0.1, 0.15) is 36.3 Å². The Morgan fingerprint density at radius 3 is 2.81 bits per heavy atom. The molecule has 0 amide bonds. The SMILES string of the molecule is C=CC/C=C(\C=C(/C)Cc1nn(C2C=C(F)C(F)=C(F)C2)ccc1=O)C1=NCC(OCCOCC)=CN1. The first-order valence-electron chi connectivity index (χ1n) is 12.0. The highest BCUT2D eigenvalue weighted by Crippen LogP contribution is 2.33. The smallest absolute Gasteiger partial charge is 0.203 e. The van der Waals surface area contributed by atoms with Crippen molar-refractivity contribution >= 4 is 5.84 Å². The number of aromatic nitrogens is 2. The number of ether oxygens (including phenoxy) is 2. The van der Waals surface area contributed by atoms with Crippen LogP contribution in [0.3, 0.4) is 0 Å². The number of hydrogen-bond acceptors (Lipinski definition) is 6. The molecule has 1 aromatic heterocycles. The number of halogens is 3. The minimum absolute atomic E-state index is 0.200. The molecule has 2 aliphatic rings. The Kier molecular flexibility index (Phi) is 10.3. The molecule has 1 N–H and O–H groups in total. The monoisotopic (exact) mass is 516 g/mol. The maximum absolute atomic E-state index is 13.8. The summed E-state index contributed by atoms with van der Waals surface area (Å²) in [6.45, 7) is 9.46. The molecule has 1 unspecified atom stereocenters. The van der Waals surface area contributed by atoms with E-state index in [2.05, 4.69) is 22.0 Å². The molecular formula is C27H31F3N4O3. The second kappa shape index (κ2) is 13.6. The predicted molar refractivity (Wildman–Crippen MR) is 137 cm³/mol. The zero-order valence-corrected chi connectivity index (χ0v) is 21.0. The van der Waals surface area contributed by atoms with Gasteiger partial charge in [0.05, 0.1) is 12.6 Å². The number of nitrogens with zero attached hydrogens (tertiary/aromatic N) is 3. The number of amidine groups is 1. The molecule has 0 saturated carbocycles. The van der Waals surface area contributed by atoms with Crippen molar-refractivity contribution < 1.29 is 22.6 Å². The van der Waals surface area contributed by atoms with Crippen LogP contribution in [0.4, 0.5) is 13.2 Å². The fourth-order valence-electron chi connectivity index (χ4n) is 3.69. The van der Waals surface area contributed by atoms with Crippen LogP contribution in [0.15, 0.2) is 93.5 Å². The minimum atomic E-state index is -1.49. The summed E-state index contributed by atoms with van der Waals surface area (Å²) < 4.78 is 53.0. The topological polar surface area (TPSA) is 77.7 Å². The van der Waals surface area contributed by atoms with Crippen molar-refractivity contribution in [3.8, 4) is 0 Å². The molecule has 0 bridgehead atoms. The van der Waals surface area contributed by atoms with Crippen LogP contribution in [0.5, 0.6) is 0 Å². The van der Waals surface area contributed by atoms with Crippen LogP contribution in [-0.4, -0.2) is 42.0 Å². The van der Waals surface area contributed by atoms with E-state index in [4.69, 9.17) is 9.47 Å². The summed E-state index contributed by atoms with van der Waals surface area (Å²) in [6.07, 6.45) is 10.1. The van der Waals surface area contributed by atoms with Crippen molar-refractivity contribution in [2.24, 2.45) is 4.99 Å². The summed E-state index contributed by atoms with van der Waals surface area (Å²) in [5, 5.41) is 7.43. The van der Waals surface area contributed by atoms with E-state index >= 15 is 0 Å². The van der Waals surface area contributed by atoms with Crippen LogP contribution in [0.2, 0.25) is 0 Å². The van der Waals surface area contributed by atoms with Gasteiger partial charge in [-0.05, 0) is 26.3 Å². The zero-order valence-electron chi connectivity index (χ0n) is 21.0. The average Bonchev–Trinajstić information content (AvgIpc) is 2.89. The van der Waals surface area contributed by atoms with Crippen molar-refractivity contribution in [2.75, 3.05) is 26.4 Å². The Bertz CT molecular complexity index is 1240. The molecule has 0 fully saturated rings. The number of allylic oxidation sites excluding steroid dienone is 7. The molecule has 0 saturated heterocycles. The second-order valence-electron chi connectivity index (χ2n) is 8.43. The van der Waals surface area contributed by atoms with Gasteiger partial charge in [-0.3, -0.25) is 14.5 Å². The van der Waals surface area contributed by atoms with Gasteiger partial charge >= 0.3 is 0 Å². The van der Waals surface area contributed by atoms with E-state index in [0.717, 1.165) is 17.2 Å². The summed E-state index contributed by atoms with van der Waals surface area (Å²) in [5.41, 5.74) is 1.51. The third-order valence-corrected chi connectivity index (χ3v) is 5.52. The van der Waals surface area contributed by atoms with E-state index < -0.39 is 23.5 Å². The van der Waals surface area contributed by atoms with E-state index in [1.165, 1.54) is 16.9 Å². The average molecular weight is 517 g/mol. The van der Waals surface area contributed by atoms with Gasteiger partial charge in [0.25, 0.3) is 0 Å². The third kappa shape index (κ3) is 7.91. The van der Waals surface area contributed by atoms with E-state index in [-0.39, 0.29) is 24.0 Å². The van der Waals surface area contributed by atoms with Gasteiger partial charge in [0, 0.05) is 43.5 Å². The molecule has 1 aliphatic carbocycles. The second-order valence-corrected chi connectivity index (χ2v) is 8.43.